The van der Waals surface area contributed by atoms with Gasteiger partial charge in [-0.3, -0.25) is 4.90 Å². The molecule has 1 aromatic rings. The highest BCUT2D eigenvalue weighted by molar-refractivity contribution is 5.27. The molecule has 2 heteroatoms. The van der Waals surface area contributed by atoms with Crippen LogP contribution in [0.25, 0.3) is 0 Å². The molecular weight excluding hydrogens is 232 g/mol. The van der Waals surface area contributed by atoms with Gasteiger partial charge in [0.2, 0.25) is 0 Å². The second kappa shape index (κ2) is 8.34. The molecule has 0 aromatic heterocycles. The first-order valence-corrected chi connectivity index (χ1v) is 7.46. The molecule has 0 fully saturated rings. The van der Waals surface area contributed by atoms with E-state index in [1.165, 1.54) is 17.5 Å². The van der Waals surface area contributed by atoms with Crippen molar-refractivity contribution in [1.29, 1.82) is 0 Å². The van der Waals surface area contributed by atoms with Gasteiger partial charge in [0, 0.05) is 12.6 Å². The van der Waals surface area contributed by atoms with Crippen LogP contribution in [-0.4, -0.2) is 31.6 Å². The third kappa shape index (κ3) is 5.75. The first-order chi connectivity index (χ1) is 9.04. The van der Waals surface area contributed by atoms with Crippen molar-refractivity contribution in [3.05, 3.63) is 35.4 Å². The summed E-state index contributed by atoms with van der Waals surface area (Å²) >= 11 is 0. The summed E-state index contributed by atoms with van der Waals surface area (Å²) < 4.78 is 0. The minimum Gasteiger partial charge on any atom is -0.319 e. The number of nitrogens with zero attached hydrogens (tertiary/aromatic N) is 1. The molecule has 0 saturated heterocycles. The maximum Gasteiger partial charge on any atom is 0.0236 e. The lowest BCUT2D eigenvalue weighted by Crippen LogP contribution is -2.30. The van der Waals surface area contributed by atoms with Gasteiger partial charge in [-0.05, 0) is 57.5 Å². The highest BCUT2D eigenvalue weighted by Gasteiger charge is 2.12. The van der Waals surface area contributed by atoms with Gasteiger partial charge >= 0.3 is 0 Å². The fourth-order valence-corrected chi connectivity index (χ4v) is 2.50. The number of likely N-dealkylation sites (N-methyl/N-ethyl adjacent to an activating group) is 1. The lowest BCUT2D eigenvalue weighted by molar-refractivity contribution is 0.220. The summed E-state index contributed by atoms with van der Waals surface area (Å²) in [5.74, 6) is 0.761. The van der Waals surface area contributed by atoms with Gasteiger partial charge in [-0.1, -0.05) is 38.1 Å². The number of hydrogen-bond donors (Lipinski definition) is 1. The smallest absolute Gasteiger partial charge is 0.0236 e. The number of rotatable bonds is 8. The average molecular weight is 262 g/mol. The molecule has 0 spiro atoms. The lowest BCUT2D eigenvalue weighted by atomic mass is 10.0. The van der Waals surface area contributed by atoms with Crippen molar-refractivity contribution in [2.45, 2.75) is 46.2 Å². The maximum atomic E-state index is 3.23. The van der Waals surface area contributed by atoms with Crippen LogP contribution in [0.3, 0.4) is 0 Å². The van der Waals surface area contributed by atoms with Crippen LogP contribution in [0.1, 0.15) is 38.3 Å². The Morgan fingerprint density at radius 3 is 2.32 bits per heavy atom. The first-order valence-electron chi connectivity index (χ1n) is 7.46. The van der Waals surface area contributed by atoms with Crippen LogP contribution in [0, 0.1) is 5.92 Å². The second-order valence-corrected chi connectivity index (χ2v) is 6.02. The van der Waals surface area contributed by atoms with Crippen molar-refractivity contribution in [2.75, 3.05) is 20.6 Å². The first kappa shape index (κ1) is 16.2. The van der Waals surface area contributed by atoms with Crippen LogP contribution in [0.15, 0.2) is 24.3 Å². The summed E-state index contributed by atoms with van der Waals surface area (Å²) in [5, 5.41) is 3.23. The molecule has 1 unspecified atom stereocenters. The van der Waals surface area contributed by atoms with E-state index in [0.29, 0.717) is 6.04 Å². The van der Waals surface area contributed by atoms with E-state index < -0.39 is 0 Å². The summed E-state index contributed by atoms with van der Waals surface area (Å²) in [4.78, 5) is 2.47. The zero-order valence-corrected chi connectivity index (χ0v) is 13.2. The molecule has 19 heavy (non-hydrogen) atoms. The molecule has 0 bridgehead atoms. The third-order valence-corrected chi connectivity index (χ3v) is 3.75. The molecule has 0 radical (unpaired) electrons. The molecule has 1 atom stereocenters. The largest absolute Gasteiger partial charge is 0.319 e. The highest BCUT2D eigenvalue weighted by Crippen LogP contribution is 2.16. The van der Waals surface area contributed by atoms with Crippen molar-refractivity contribution in [2.24, 2.45) is 5.92 Å². The highest BCUT2D eigenvalue weighted by atomic mass is 15.1. The molecule has 2 nitrogen and oxygen atoms in total. The predicted octanol–water partition coefficient (Wildman–Crippen LogP) is 3.31. The second-order valence-electron chi connectivity index (χ2n) is 6.02. The Kier molecular flexibility index (Phi) is 7.11. The predicted molar refractivity (Wildman–Crippen MR) is 84.5 cm³/mol. The van der Waals surface area contributed by atoms with Crippen molar-refractivity contribution in [1.82, 2.24) is 10.2 Å². The molecular formula is C17H30N2. The Balaban J connectivity index is 2.64. The summed E-state index contributed by atoms with van der Waals surface area (Å²) in [7, 11) is 4.25. The van der Waals surface area contributed by atoms with Gasteiger partial charge in [0.15, 0.2) is 0 Å². The normalized spacial score (nSPS) is 13.2. The molecule has 0 heterocycles. The van der Waals surface area contributed by atoms with E-state index >= 15 is 0 Å². The Bertz CT molecular complexity index is 360. The summed E-state index contributed by atoms with van der Waals surface area (Å²) in [5.41, 5.74) is 2.94. The Hall–Kier alpha value is -0.860. The van der Waals surface area contributed by atoms with Crippen LogP contribution < -0.4 is 5.32 Å². The van der Waals surface area contributed by atoms with Gasteiger partial charge in [0.05, 0.1) is 0 Å². The fraction of sp³-hybridized carbons (Fsp3) is 0.647. The Morgan fingerprint density at radius 2 is 1.74 bits per heavy atom. The van der Waals surface area contributed by atoms with Crippen LogP contribution in [0.2, 0.25) is 0 Å². The van der Waals surface area contributed by atoms with Crippen LogP contribution in [0.4, 0.5) is 0 Å². The van der Waals surface area contributed by atoms with E-state index in [2.05, 4.69) is 62.3 Å². The third-order valence-electron chi connectivity index (χ3n) is 3.75. The van der Waals surface area contributed by atoms with Gasteiger partial charge in [0.25, 0.3) is 0 Å². The van der Waals surface area contributed by atoms with Gasteiger partial charge in [-0.2, -0.15) is 0 Å². The van der Waals surface area contributed by atoms with Crippen LogP contribution in [0.5, 0.6) is 0 Å². The van der Waals surface area contributed by atoms with Gasteiger partial charge < -0.3 is 5.32 Å². The van der Waals surface area contributed by atoms with Gasteiger partial charge in [-0.15, -0.1) is 0 Å². The molecule has 1 aromatic carbocycles. The summed E-state index contributed by atoms with van der Waals surface area (Å²) in [6, 6.07) is 9.46. The van der Waals surface area contributed by atoms with E-state index in [1.807, 2.05) is 7.05 Å². The monoisotopic (exact) mass is 262 g/mol. The average Bonchev–Trinajstić information content (AvgIpc) is 2.36. The van der Waals surface area contributed by atoms with Gasteiger partial charge in [0.1, 0.15) is 0 Å². The topological polar surface area (TPSA) is 15.3 Å². The minimum absolute atomic E-state index is 0.636. The SMILES string of the molecule is CNCCc1ccccc1CN(C)C(C)CC(C)C. The number of benzene rings is 1. The Morgan fingerprint density at radius 1 is 1.11 bits per heavy atom. The van der Waals surface area contributed by atoms with Crippen molar-refractivity contribution in [3.8, 4) is 0 Å². The zero-order valence-electron chi connectivity index (χ0n) is 13.2. The molecule has 1 N–H and O–H groups in total. The molecule has 108 valence electrons. The standard InChI is InChI=1S/C17H30N2/c1-14(2)12-15(3)19(5)13-17-9-7-6-8-16(17)10-11-18-4/h6-9,14-15,18H,10-13H2,1-5H3. The minimum atomic E-state index is 0.636. The zero-order chi connectivity index (χ0) is 14.3. The van der Waals surface area contributed by atoms with Crippen LogP contribution in [-0.2, 0) is 13.0 Å². The van der Waals surface area contributed by atoms with Crippen LogP contribution >= 0.6 is 0 Å². The van der Waals surface area contributed by atoms with E-state index in [0.717, 1.165) is 25.4 Å². The number of hydrogen-bond acceptors (Lipinski definition) is 2. The van der Waals surface area contributed by atoms with E-state index in [-0.39, 0.29) is 0 Å². The summed E-state index contributed by atoms with van der Waals surface area (Å²) in [6.45, 7) is 9.02. The number of nitrogens with one attached hydrogen (secondary N) is 1. The quantitative estimate of drug-likeness (QED) is 0.773. The molecule has 0 amide bonds. The summed E-state index contributed by atoms with van der Waals surface area (Å²) in [6.07, 6.45) is 2.37. The van der Waals surface area contributed by atoms with E-state index in [4.69, 9.17) is 0 Å². The fourth-order valence-electron chi connectivity index (χ4n) is 2.50. The van der Waals surface area contributed by atoms with Crippen molar-refractivity contribution < 1.29 is 0 Å². The molecule has 0 aliphatic carbocycles. The van der Waals surface area contributed by atoms with Gasteiger partial charge in [-0.25, -0.2) is 0 Å². The lowest BCUT2D eigenvalue weighted by Gasteiger charge is -2.27. The molecule has 0 aliphatic rings. The molecule has 0 saturated carbocycles. The Labute approximate surface area is 119 Å². The van der Waals surface area contributed by atoms with Crippen molar-refractivity contribution in [3.63, 3.8) is 0 Å². The molecule has 0 aliphatic heterocycles. The maximum absolute atomic E-state index is 3.23. The van der Waals surface area contributed by atoms with Crippen molar-refractivity contribution >= 4 is 0 Å². The van der Waals surface area contributed by atoms with E-state index in [1.54, 1.807) is 0 Å². The molecule has 1 rings (SSSR count). The van der Waals surface area contributed by atoms with E-state index in [9.17, 15) is 0 Å².